The number of pyridine rings is 1. The van der Waals surface area contributed by atoms with E-state index in [9.17, 15) is 22.8 Å². The molecule has 16 heteroatoms. The summed E-state index contributed by atoms with van der Waals surface area (Å²) in [5, 5.41) is 9.25. The average molecular weight is 680 g/mol. The second-order valence-electron chi connectivity index (χ2n) is 9.72. The summed E-state index contributed by atoms with van der Waals surface area (Å²) < 4.78 is 33.6. The fourth-order valence-corrected chi connectivity index (χ4v) is 7.32. The van der Waals surface area contributed by atoms with Crippen LogP contribution in [-0.2, 0) is 14.8 Å². The van der Waals surface area contributed by atoms with Crippen molar-refractivity contribution in [1.29, 1.82) is 0 Å². The number of nitrogens with one attached hydrogen (secondary N) is 4. The van der Waals surface area contributed by atoms with Crippen LogP contribution in [-0.4, -0.2) is 76.3 Å². The molecule has 0 atom stereocenters. The van der Waals surface area contributed by atoms with E-state index in [4.69, 9.17) is 27.9 Å². The number of benzene rings is 2. The van der Waals surface area contributed by atoms with Crippen molar-refractivity contribution in [3.63, 3.8) is 0 Å². The molecule has 0 spiro atoms. The number of hydrogen-bond acceptors (Lipinski definition) is 9. The van der Waals surface area contributed by atoms with E-state index in [1.165, 1.54) is 41.1 Å². The Morgan fingerprint density at radius 1 is 1.00 bits per heavy atom. The van der Waals surface area contributed by atoms with Crippen LogP contribution in [0.15, 0.2) is 63.7 Å². The Labute approximate surface area is 267 Å². The third-order valence-electron chi connectivity index (χ3n) is 6.87. The van der Waals surface area contributed by atoms with Gasteiger partial charge >= 0.3 is 6.03 Å². The van der Waals surface area contributed by atoms with Gasteiger partial charge in [0.15, 0.2) is 0 Å². The van der Waals surface area contributed by atoms with Crippen molar-refractivity contribution >= 4 is 78.6 Å². The van der Waals surface area contributed by atoms with Gasteiger partial charge in [-0.2, -0.15) is 0 Å². The molecule has 3 heterocycles. The first-order chi connectivity index (χ1) is 21.1. The molecule has 1 aliphatic heterocycles. The molecule has 5 rings (SSSR count). The predicted octanol–water partition coefficient (Wildman–Crippen LogP) is 3.97. The van der Waals surface area contributed by atoms with Crippen molar-refractivity contribution in [2.45, 2.75) is 4.21 Å². The molecule has 12 nitrogen and oxygen atoms in total. The molecule has 4 N–H and O–H groups in total. The lowest BCUT2D eigenvalue weighted by Crippen LogP contribution is -2.41. The van der Waals surface area contributed by atoms with Crippen LogP contribution in [0.1, 0.15) is 10.4 Å². The first-order valence-electron chi connectivity index (χ1n) is 13.4. The monoisotopic (exact) mass is 678 g/mol. The summed E-state index contributed by atoms with van der Waals surface area (Å²) in [5.41, 5.74) is 1.02. The van der Waals surface area contributed by atoms with Crippen molar-refractivity contribution in [2.24, 2.45) is 0 Å². The number of amides is 3. The maximum atomic E-state index is 13.6. The van der Waals surface area contributed by atoms with Gasteiger partial charge in [0.1, 0.15) is 4.21 Å². The molecule has 1 aliphatic rings. The van der Waals surface area contributed by atoms with Gasteiger partial charge in [-0.15, -0.1) is 11.3 Å². The number of anilines is 2. The molecular formula is C28H28Cl2N6O6S2. The van der Waals surface area contributed by atoms with E-state index >= 15 is 0 Å². The summed E-state index contributed by atoms with van der Waals surface area (Å²) in [6.45, 7) is 3.95. The highest BCUT2D eigenvalue weighted by molar-refractivity contribution is 7.92. The Bertz CT molecular complexity index is 1890. The summed E-state index contributed by atoms with van der Waals surface area (Å²) in [5.74, 6) is -0.357. The van der Waals surface area contributed by atoms with Gasteiger partial charge in [-0.1, -0.05) is 23.2 Å². The summed E-state index contributed by atoms with van der Waals surface area (Å²) in [6.07, 6.45) is 1.44. The molecule has 4 aromatic rings. The minimum atomic E-state index is -4.13. The van der Waals surface area contributed by atoms with Crippen LogP contribution in [0.3, 0.4) is 0 Å². The van der Waals surface area contributed by atoms with Crippen LogP contribution < -0.4 is 26.2 Å². The van der Waals surface area contributed by atoms with E-state index in [2.05, 4.69) is 20.9 Å². The van der Waals surface area contributed by atoms with Crippen LogP contribution >= 0.6 is 34.5 Å². The lowest BCUT2D eigenvalue weighted by Gasteiger charge is -2.26. The Morgan fingerprint density at radius 2 is 1.75 bits per heavy atom. The van der Waals surface area contributed by atoms with Crippen molar-refractivity contribution in [2.75, 3.05) is 57.1 Å². The number of aromatic nitrogens is 1. The number of fused-ring (bicyclic) bond motifs is 1. The standard InChI is InChI=1S/C28H28Cl2N6O6S2/c1-31-17-2-4-19-20(14-17)21(26(37)32-8-9-35-10-12-42-13-11-35)16-36(27(19)38)23-5-3-18(15-22(23)29)33-28(39)34-44(40,41)25-7-6-24(30)43-25/h2-7,14-16,31H,8-13H2,1H3,(H,32,37)(H2,33,34,39). The maximum absolute atomic E-state index is 13.6. The van der Waals surface area contributed by atoms with Gasteiger partial charge < -0.3 is 20.7 Å². The van der Waals surface area contributed by atoms with Gasteiger partial charge in [0.2, 0.25) is 0 Å². The Morgan fingerprint density at radius 3 is 2.43 bits per heavy atom. The van der Waals surface area contributed by atoms with Crippen LogP contribution in [0.4, 0.5) is 16.2 Å². The summed E-state index contributed by atoms with van der Waals surface area (Å²) in [4.78, 5) is 41.7. The lowest BCUT2D eigenvalue weighted by atomic mass is 10.1. The summed E-state index contributed by atoms with van der Waals surface area (Å²) in [7, 11) is -2.39. The molecule has 1 fully saturated rings. The van der Waals surface area contributed by atoms with E-state index in [1.807, 2.05) is 4.72 Å². The number of morpholine rings is 1. The van der Waals surface area contributed by atoms with E-state index in [-0.39, 0.29) is 36.4 Å². The molecule has 1 saturated heterocycles. The summed E-state index contributed by atoms with van der Waals surface area (Å²) >= 11 is 13.2. The number of urea groups is 1. The Hall–Kier alpha value is -3.66. The molecule has 2 aromatic heterocycles. The van der Waals surface area contributed by atoms with Gasteiger partial charge in [-0.3, -0.25) is 19.1 Å². The molecule has 0 unspecified atom stereocenters. The zero-order chi connectivity index (χ0) is 31.4. The van der Waals surface area contributed by atoms with Gasteiger partial charge in [-0.05, 0) is 48.5 Å². The van der Waals surface area contributed by atoms with Crippen LogP contribution in [0.2, 0.25) is 9.36 Å². The molecule has 3 amide bonds. The third-order valence-corrected chi connectivity index (χ3v) is 10.2. The molecule has 44 heavy (non-hydrogen) atoms. The zero-order valence-corrected chi connectivity index (χ0v) is 26.5. The molecule has 0 radical (unpaired) electrons. The van der Waals surface area contributed by atoms with E-state index in [0.29, 0.717) is 37.1 Å². The van der Waals surface area contributed by atoms with Gasteiger partial charge in [0.25, 0.3) is 21.5 Å². The second kappa shape index (κ2) is 13.5. The van der Waals surface area contributed by atoms with Gasteiger partial charge in [0.05, 0.1) is 33.8 Å². The van der Waals surface area contributed by atoms with E-state index in [0.717, 1.165) is 30.1 Å². The largest absolute Gasteiger partial charge is 0.388 e. The van der Waals surface area contributed by atoms with Crippen LogP contribution in [0.25, 0.3) is 16.5 Å². The fraction of sp³-hybridized carbons (Fsp3) is 0.250. The van der Waals surface area contributed by atoms with Crippen molar-refractivity contribution < 1.29 is 22.7 Å². The predicted molar refractivity (Wildman–Crippen MR) is 172 cm³/mol. The number of carbonyl (C=O) groups excluding carboxylic acids is 2. The highest BCUT2D eigenvalue weighted by atomic mass is 35.5. The van der Waals surface area contributed by atoms with E-state index in [1.54, 1.807) is 25.2 Å². The number of sulfonamides is 1. The molecule has 2 aromatic carbocycles. The zero-order valence-electron chi connectivity index (χ0n) is 23.4. The molecule has 232 valence electrons. The van der Waals surface area contributed by atoms with Gasteiger partial charge in [-0.25, -0.2) is 17.9 Å². The molecule has 0 bridgehead atoms. The molecule has 0 aliphatic carbocycles. The minimum absolute atomic E-state index is 0.0719. The minimum Gasteiger partial charge on any atom is -0.388 e. The van der Waals surface area contributed by atoms with Crippen LogP contribution in [0.5, 0.6) is 0 Å². The number of hydrogen-bond donors (Lipinski definition) is 4. The first kappa shape index (κ1) is 31.8. The lowest BCUT2D eigenvalue weighted by molar-refractivity contribution is 0.0383. The third kappa shape index (κ3) is 7.17. The summed E-state index contributed by atoms with van der Waals surface area (Å²) in [6, 6.07) is 11.1. The first-order valence-corrected chi connectivity index (χ1v) is 16.5. The van der Waals surface area contributed by atoms with Crippen molar-refractivity contribution in [3.8, 4) is 5.69 Å². The highest BCUT2D eigenvalue weighted by Crippen LogP contribution is 2.28. The normalized spacial score (nSPS) is 13.9. The topological polar surface area (TPSA) is 151 Å². The Kier molecular flexibility index (Phi) is 9.78. The number of rotatable bonds is 9. The van der Waals surface area contributed by atoms with Gasteiger partial charge in [0, 0.05) is 61.6 Å². The quantitative estimate of drug-likeness (QED) is 0.208. The van der Waals surface area contributed by atoms with Crippen molar-refractivity contribution in [1.82, 2.24) is 19.5 Å². The molecular weight excluding hydrogens is 651 g/mol. The van der Waals surface area contributed by atoms with Crippen LogP contribution in [0, 0.1) is 0 Å². The average Bonchev–Trinajstić information content (AvgIpc) is 3.45. The number of nitrogens with zero attached hydrogens (tertiary/aromatic N) is 2. The van der Waals surface area contributed by atoms with E-state index < -0.39 is 21.6 Å². The smallest absolute Gasteiger partial charge is 0.333 e. The second-order valence-corrected chi connectivity index (χ2v) is 13.8. The number of ether oxygens (including phenoxy) is 1. The SMILES string of the molecule is CNc1ccc2c(=O)n(-c3ccc(NC(=O)NS(=O)(=O)c4ccc(Cl)s4)cc3Cl)cc(C(=O)NCCN3CCOCC3)c2c1. The molecule has 0 saturated carbocycles. The van der Waals surface area contributed by atoms with Crippen molar-refractivity contribution in [3.05, 3.63) is 80.0 Å². The number of carbonyl (C=O) groups is 2. The fourth-order valence-electron chi connectivity index (χ4n) is 4.65. The number of thiophene rings is 1. The Balaban J connectivity index is 1.40. The highest BCUT2D eigenvalue weighted by Gasteiger charge is 2.21. The maximum Gasteiger partial charge on any atom is 0.333 e. The number of halogens is 2.